The highest BCUT2D eigenvalue weighted by Crippen LogP contribution is 2.14. The molecule has 0 saturated heterocycles. The third-order valence-electron chi connectivity index (χ3n) is 4.27. The number of rotatable bonds is 7. The highest BCUT2D eigenvalue weighted by atomic mass is 127. The highest BCUT2D eigenvalue weighted by Gasteiger charge is 2.09. The van der Waals surface area contributed by atoms with Gasteiger partial charge < -0.3 is 16.0 Å². The molecule has 0 fully saturated rings. The van der Waals surface area contributed by atoms with Gasteiger partial charge in [-0.15, -0.1) is 24.0 Å². The minimum atomic E-state index is -0.0487. The van der Waals surface area contributed by atoms with Crippen LogP contribution in [0.1, 0.15) is 41.8 Å². The zero-order valence-corrected chi connectivity index (χ0v) is 19.5. The van der Waals surface area contributed by atoms with Crippen LogP contribution < -0.4 is 16.0 Å². The van der Waals surface area contributed by atoms with Gasteiger partial charge >= 0.3 is 0 Å². The Morgan fingerprint density at radius 2 is 1.82 bits per heavy atom. The van der Waals surface area contributed by atoms with E-state index in [0.29, 0.717) is 24.6 Å². The molecule has 0 saturated carbocycles. The van der Waals surface area contributed by atoms with Crippen molar-refractivity contribution in [2.75, 3.05) is 7.05 Å². The van der Waals surface area contributed by atoms with Crippen LogP contribution in [0.5, 0.6) is 0 Å². The largest absolute Gasteiger partial charge is 0.352 e. The molecule has 0 aliphatic heterocycles. The molecular weight excluding hydrogens is 487 g/mol. The SMILES string of the molecule is CCC(C)NC(=O)c1cccc(CNC(=NC)NCc2ccccc2Cl)c1.I. The lowest BCUT2D eigenvalue weighted by Crippen LogP contribution is -2.36. The maximum atomic E-state index is 12.3. The van der Waals surface area contributed by atoms with Gasteiger partial charge in [0.05, 0.1) is 0 Å². The van der Waals surface area contributed by atoms with Crippen LogP contribution in [0.2, 0.25) is 5.02 Å². The molecular formula is C21H28ClIN4O. The number of carbonyl (C=O) groups excluding carboxylic acids is 1. The number of carbonyl (C=O) groups is 1. The first-order chi connectivity index (χ1) is 13.0. The van der Waals surface area contributed by atoms with Gasteiger partial charge in [-0.1, -0.05) is 48.9 Å². The molecule has 0 radical (unpaired) electrons. The summed E-state index contributed by atoms with van der Waals surface area (Å²) in [6, 6.07) is 15.5. The molecule has 0 bridgehead atoms. The zero-order valence-electron chi connectivity index (χ0n) is 16.5. The Bertz CT molecular complexity index is 797. The third-order valence-corrected chi connectivity index (χ3v) is 4.64. The topological polar surface area (TPSA) is 65.5 Å². The number of aliphatic imine (C=N–C) groups is 1. The summed E-state index contributed by atoms with van der Waals surface area (Å²) in [6.45, 7) is 5.19. The zero-order chi connectivity index (χ0) is 19.6. The Kier molecular flexibility index (Phi) is 10.9. The Morgan fingerprint density at radius 1 is 1.11 bits per heavy atom. The van der Waals surface area contributed by atoms with Crippen molar-refractivity contribution in [1.82, 2.24) is 16.0 Å². The lowest BCUT2D eigenvalue weighted by molar-refractivity contribution is 0.0939. The van der Waals surface area contributed by atoms with E-state index in [-0.39, 0.29) is 35.9 Å². The summed E-state index contributed by atoms with van der Waals surface area (Å²) in [5.41, 5.74) is 2.67. The van der Waals surface area contributed by atoms with Crippen LogP contribution in [0.15, 0.2) is 53.5 Å². The van der Waals surface area contributed by atoms with Crippen LogP contribution in [0.25, 0.3) is 0 Å². The third kappa shape index (κ3) is 7.67. The van der Waals surface area contributed by atoms with Crippen molar-refractivity contribution >= 4 is 47.4 Å². The Balaban J connectivity index is 0.00000392. The summed E-state index contributed by atoms with van der Waals surface area (Å²) in [4.78, 5) is 16.5. The van der Waals surface area contributed by atoms with Gasteiger partial charge in [0.25, 0.3) is 5.91 Å². The van der Waals surface area contributed by atoms with Crippen molar-refractivity contribution in [3.63, 3.8) is 0 Å². The first kappa shape index (κ1) is 24.2. The fourth-order valence-corrected chi connectivity index (χ4v) is 2.66. The van der Waals surface area contributed by atoms with Crippen LogP contribution in [-0.4, -0.2) is 25.0 Å². The van der Waals surface area contributed by atoms with Crippen molar-refractivity contribution in [2.45, 2.75) is 39.4 Å². The number of amides is 1. The van der Waals surface area contributed by atoms with Crippen molar-refractivity contribution in [2.24, 2.45) is 4.99 Å². The quantitative estimate of drug-likeness (QED) is 0.292. The van der Waals surface area contributed by atoms with E-state index in [0.717, 1.165) is 22.6 Å². The van der Waals surface area contributed by atoms with E-state index in [2.05, 4.69) is 20.9 Å². The smallest absolute Gasteiger partial charge is 0.251 e. The number of benzene rings is 2. The van der Waals surface area contributed by atoms with Crippen LogP contribution in [0, 0.1) is 0 Å². The minimum absolute atomic E-state index is 0. The second kappa shape index (κ2) is 12.6. The molecule has 0 aliphatic carbocycles. The first-order valence-corrected chi connectivity index (χ1v) is 9.49. The monoisotopic (exact) mass is 514 g/mol. The lowest BCUT2D eigenvalue weighted by Gasteiger charge is -2.14. The van der Waals surface area contributed by atoms with Gasteiger partial charge in [-0.05, 0) is 42.7 Å². The summed E-state index contributed by atoms with van der Waals surface area (Å²) in [6.07, 6.45) is 0.903. The predicted octanol–water partition coefficient (Wildman–Crippen LogP) is 4.35. The van der Waals surface area contributed by atoms with Gasteiger partial charge in [-0.2, -0.15) is 0 Å². The van der Waals surface area contributed by atoms with Crippen LogP contribution in [0.4, 0.5) is 0 Å². The predicted molar refractivity (Wildman–Crippen MR) is 128 cm³/mol. The Labute approximate surface area is 189 Å². The van der Waals surface area contributed by atoms with Gasteiger partial charge in [0.2, 0.25) is 0 Å². The molecule has 0 aliphatic rings. The Morgan fingerprint density at radius 3 is 2.50 bits per heavy atom. The van der Waals surface area contributed by atoms with Crippen molar-refractivity contribution < 1.29 is 4.79 Å². The van der Waals surface area contributed by atoms with Gasteiger partial charge in [-0.25, -0.2) is 0 Å². The summed E-state index contributed by atoms with van der Waals surface area (Å²) < 4.78 is 0. The average molecular weight is 515 g/mol. The second-order valence-electron chi connectivity index (χ2n) is 6.35. The number of halogens is 2. The van der Waals surface area contributed by atoms with Gasteiger partial charge in [0.15, 0.2) is 5.96 Å². The molecule has 2 aromatic carbocycles. The summed E-state index contributed by atoms with van der Waals surface area (Å²) in [5, 5.41) is 10.2. The lowest BCUT2D eigenvalue weighted by atomic mass is 10.1. The molecule has 7 heteroatoms. The fraction of sp³-hybridized carbons (Fsp3) is 0.333. The van der Waals surface area contributed by atoms with E-state index in [1.165, 1.54) is 0 Å². The molecule has 2 rings (SSSR count). The molecule has 1 unspecified atom stereocenters. The number of hydrogen-bond donors (Lipinski definition) is 3. The van der Waals surface area contributed by atoms with Gasteiger partial charge in [-0.3, -0.25) is 9.79 Å². The van der Waals surface area contributed by atoms with E-state index in [1.807, 2.05) is 62.4 Å². The minimum Gasteiger partial charge on any atom is -0.352 e. The average Bonchev–Trinajstić information content (AvgIpc) is 2.69. The number of guanidine groups is 1. The second-order valence-corrected chi connectivity index (χ2v) is 6.76. The normalized spacial score (nSPS) is 11.9. The molecule has 152 valence electrons. The van der Waals surface area contributed by atoms with Gasteiger partial charge in [0.1, 0.15) is 0 Å². The van der Waals surface area contributed by atoms with E-state index in [4.69, 9.17) is 11.6 Å². The van der Waals surface area contributed by atoms with Crippen molar-refractivity contribution in [3.8, 4) is 0 Å². The van der Waals surface area contributed by atoms with E-state index in [9.17, 15) is 4.79 Å². The first-order valence-electron chi connectivity index (χ1n) is 9.11. The summed E-state index contributed by atoms with van der Waals surface area (Å²) in [7, 11) is 1.72. The molecule has 0 aromatic heterocycles. The maximum absolute atomic E-state index is 12.3. The van der Waals surface area contributed by atoms with E-state index < -0.39 is 0 Å². The van der Waals surface area contributed by atoms with Crippen molar-refractivity contribution in [3.05, 3.63) is 70.2 Å². The van der Waals surface area contributed by atoms with Crippen molar-refractivity contribution in [1.29, 1.82) is 0 Å². The fourth-order valence-electron chi connectivity index (χ4n) is 2.46. The van der Waals surface area contributed by atoms with E-state index in [1.54, 1.807) is 7.05 Å². The molecule has 0 heterocycles. The molecule has 3 N–H and O–H groups in total. The standard InChI is InChI=1S/C21H27ClN4O.HI/c1-4-15(2)26-20(27)17-10-7-8-16(12-17)13-24-21(23-3)25-14-18-9-5-6-11-19(18)22;/h5-12,15H,4,13-14H2,1-3H3,(H,26,27)(H2,23,24,25);1H. The summed E-state index contributed by atoms with van der Waals surface area (Å²) in [5.74, 6) is 0.622. The van der Waals surface area contributed by atoms with Crippen LogP contribution >= 0.6 is 35.6 Å². The molecule has 28 heavy (non-hydrogen) atoms. The van der Waals surface area contributed by atoms with Gasteiger partial charge in [0, 0.05) is 36.8 Å². The Hall–Kier alpha value is -1.80. The van der Waals surface area contributed by atoms with Crippen LogP contribution in [0.3, 0.4) is 0 Å². The molecule has 1 amide bonds. The maximum Gasteiger partial charge on any atom is 0.251 e. The molecule has 5 nitrogen and oxygen atoms in total. The summed E-state index contributed by atoms with van der Waals surface area (Å²) >= 11 is 6.18. The molecule has 1 atom stereocenters. The van der Waals surface area contributed by atoms with Crippen LogP contribution in [-0.2, 0) is 13.1 Å². The number of nitrogens with zero attached hydrogens (tertiary/aromatic N) is 1. The highest BCUT2D eigenvalue weighted by molar-refractivity contribution is 14.0. The van der Waals surface area contributed by atoms with E-state index >= 15 is 0 Å². The molecule has 0 spiro atoms. The number of nitrogens with one attached hydrogen (secondary N) is 3. The number of hydrogen-bond acceptors (Lipinski definition) is 2. The molecule has 2 aromatic rings.